The van der Waals surface area contributed by atoms with Crippen LogP contribution in [0.15, 0.2) is 47.4 Å². The van der Waals surface area contributed by atoms with Gasteiger partial charge in [-0.1, -0.05) is 6.07 Å². The molecular weight excluding hydrogens is 336 g/mol. The number of carbonyl (C=O) groups is 1. The highest BCUT2D eigenvalue weighted by Crippen LogP contribution is 2.27. The van der Waals surface area contributed by atoms with Crippen LogP contribution in [-0.4, -0.2) is 29.6 Å². The second kappa shape index (κ2) is 7.26. The third-order valence-electron chi connectivity index (χ3n) is 3.91. The monoisotopic (exact) mass is 354 g/mol. The van der Waals surface area contributed by atoms with E-state index in [-0.39, 0.29) is 12.2 Å². The lowest BCUT2D eigenvalue weighted by molar-refractivity contribution is 0.0467. The van der Waals surface area contributed by atoms with Crippen molar-refractivity contribution >= 4 is 11.6 Å². The van der Waals surface area contributed by atoms with Gasteiger partial charge in [0.2, 0.25) is 0 Å². The third kappa shape index (κ3) is 3.37. The van der Waals surface area contributed by atoms with E-state index in [1.165, 1.54) is 30.8 Å². The molecule has 3 aromatic rings. The summed E-state index contributed by atoms with van der Waals surface area (Å²) < 4.78 is 17.1. The van der Waals surface area contributed by atoms with Gasteiger partial charge < -0.3 is 14.2 Å². The Hall–Kier alpha value is -3.35. The third-order valence-corrected chi connectivity index (χ3v) is 3.91. The fourth-order valence-electron chi connectivity index (χ4n) is 2.57. The largest absolute Gasteiger partial charge is 0.493 e. The quantitative estimate of drug-likeness (QED) is 0.655. The Balaban J connectivity index is 1.81. The van der Waals surface area contributed by atoms with Crippen LogP contribution >= 0.6 is 0 Å². The molecule has 0 spiro atoms. The first-order valence-corrected chi connectivity index (χ1v) is 7.90. The molecular formula is C19H18N2O5. The average molecular weight is 354 g/mol. The number of benzene rings is 1. The second-order valence-corrected chi connectivity index (χ2v) is 5.62. The Morgan fingerprint density at radius 2 is 1.88 bits per heavy atom. The van der Waals surface area contributed by atoms with Gasteiger partial charge in [-0.3, -0.25) is 9.20 Å². The Bertz CT molecular complexity index is 1030. The highest BCUT2D eigenvalue weighted by Gasteiger charge is 2.13. The predicted molar refractivity (Wildman–Crippen MR) is 94.9 cm³/mol. The summed E-state index contributed by atoms with van der Waals surface area (Å²) >= 11 is 0. The Morgan fingerprint density at radius 1 is 1.12 bits per heavy atom. The fourth-order valence-corrected chi connectivity index (χ4v) is 2.57. The van der Waals surface area contributed by atoms with E-state index < -0.39 is 5.97 Å². The fraction of sp³-hybridized carbons (Fsp3) is 0.211. The molecule has 3 rings (SSSR count). The zero-order chi connectivity index (χ0) is 18.7. The van der Waals surface area contributed by atoms with Crippen LogP contribution in [0.4, 0.5) is 0 Å². The van der Waals surface area contributed by atoms with Gasteiger partial charge in [-0.25, -0.2) is 9.78 Å². The normalized spacial score (nSPS) is 10.6. The van der Waals surface area contributed by atoms with Gasteiger partial charge in [0.25, 0.3) is 5.56 Å². The SMILES string of the molecule is COc1ccc(C(=O)OCc2cc(=O)n3cccc(C)c3n2)cc1OC. The summed E-state index contributed by atoms with van der Waals surface area (Å²) in [5, 5.41) is 0. The van der Waals surface area contributed by atoms with Crippen molar-refractivity contribution in [1.82, 2.24) is 9.38 Å². The lowest BCUT2D eigenvalue weighted by Crippen LogP contribution is -2.17. The number of carbonyl (C=O) groups excluding carboxylic acids is 1. The topological polar surface area (TPSA) is 79.1 Å². The van der Waals surface area contributed by atoms with Gasteiger partial charge >= 0.3 is 5.97 Å². The van der Waals surface area contributed by atoms with E-state index >= 15 is 0 Å². The molecule has 0 N–H and O–H groups in total. The smallest absolute Gasteiger partial charge is 0.338 e. The van der Waals surface area contributed by atoms with Crippen LogP contribution in [0, 0.1) is 6.92 Å². The molecule has 2 heterocycles. The van der Waals surface area contributed by atoms with Gasteiger partial charge in [0.05, 0.1) is 25.5 Å². The summed E-state index contributed by atoms with van der Waals surface area (Å²) in [6.45, 7) is 1.76. The zero-order valence-corrected chi connectivity index (χ0v) is 14.7. The Morgan fingerprint density at radius 3 is 2.62 bits per heavy atom. The lowest BCUT2D eigenvalue weighted by atomic mass is 10.2. The molecule has 26 heavy (non-hydrogen) atoms. The summed E-state index contributed by atoms with van der Waals surface area (Å²) in [7, 11) is 3.00. The number of nitrogens with zero attached hydrogens (tertiary/aromatic N) is 2. The molecule has 134 valence electrons. The van der Waals surface area contributed by atoms with Gasteiger partial charge in [0.15, 0.2) is 11.5 Å². The number of rotatable bonds is 5. The van der Waals surface area contributed by atoms with Crippen LogP contribution in [-0.2, 0) is 11.3 Å². The van der Waals surface area contributed by atoms with Crippen molar-refractivity contribution in [1.29, 1.82) is 0 Å². The van der Waals surface area contributed by atoms with Crippen LogP contribution in [0.2, 0.25) is 0 Å². The first-order valence-electron chi connectivity index (χ1n) is 7.90. The van der Waals surface area contributed by atoms with E-state index in [1.54, 1.807) is 24.4 Å². The van der Waals surface area contributed by atoms with E-state index in [2.05, 4.69) is 4.98 Å². The highest BCUT2D eigenvalue weighted by atomic mass is 16.5. The van der Waals surface area contributed by atoms with Crippen LogP contribution < -0.4 is 15.0 Å². The molecule has 7 heteroatoms. The standard InChI is InChI=1S/C19H18N2O5/c1-12-5-4-8-21-17(22)10-14(20-18(12)21)11-26-19(23)13-6-7-15(24-2)16(9-13)25-3/h4-10H,11H2,1-3H3. The number of fused-ring (bicyclic) bond motifs is 1. The summed E-state index contributed by atoms with van der Waals surface area (Å²) in [6, 6.07) is 9.74. The minimum Gasteiger partial charge on any atom is -0.493 e. The number of hydrogen-bond donors (Lipinski definition) is 0. The van der Waals surface area contributed by atoms with Gasteiger partial charge in [-0.15, -0.1) is 0 Å². The molecule has 0 aliphatic carbocycles. The van der Waals surface area contributed by atoms with Crippen molar-refractivity contribution in [2.75, 3.05) is 14.2 Å². The molecule has 0 amide bonds. The Kier molecular flexibility index (Phi) is 4.88. The van der Waals surface area contributed by atoms with E-state index in [4.69, 9.17) is 14.2 Å². The van der Waals surface area contributed by atoms with Crippen molar-refractivity contribution < 1.29 is 19.0 Å². The van der Waals surface area contributed by atoms with E-state index in [0.29, 0.717) is 28.4 Å². The number of methoxy groups -OCH3 is 2. The maximum atomic E-state index is 12.3. The summed E-state index contributed by atoms with van der Waals surface area (Å²) in [4.78, 5) is 28.8. The molecule has 0 atom stereocenters. The first kappa shape index (κ1) is 17.5. The van der Waals surface area contributed by atoms with Crippen molar-refractivity contribution in [3.8, 4) is 11.5 Å². The molecule has 0 radical (unpaired) electrons. The van der Waals surface area contributed by atoms with Gasteiger partial charge in [-0.2, -0.15) is 0 Å². The van der Waals surface area contributed by atoms with Crippen LogP contribution in [0.5, 0.6) is 11.5 Å². The van der Waals surface area contributed by atoms with E-state index in [1.807, 2.05) is 13.0 Å². The van der Waals surface area contributed by atoms with Crippen LogP contribution in [0.1, 0.15) is 21.6 Å². The maximum absolute atomic E-state index is 12.3. The number of pyridine rings is 1. The summed E-state index contributed by atoms with van der Waals surface area (Å²) in [6.07, 6.45) is 1.65. The van der Waals surface area contributed by atoms with Gasteiger partial charge in [0, 0.05) is 12.3 Å². The van der Waals surface area contributed by atoms with Crippen molar-refractivity contribution in [3.05, 3.63) is 69.8 Å². The summed E-state index contributed by atoms with van der Waals surface area (Å²) in [5.41, 5.74) is 1.88. The highest BCUT2D eigenvalue weighted by molar-refractivity contribution is 5.90. The molecule has 7 nitrogen and oxygen atoms in total. The minimum atomic E-state index is -0.544. The molecule has 0 bridgehead atoms. The van der Waals surface area contributed by atoms with Crippen LogP contribution in [0.25, 0.3) is 5.65 Å². The Labute approximate surface area is 149 Å². The molecule has 0 fully saturated rings. The lowest BCUT2D eigenvalue weighted by Gasteiger charge is -2.10. The first-order chi connectivity index (χ1) is 12.5. The van der Waals surface area contributed by atoms with Crippen molar-refractivity contribution in [2.24, 2.45) is 0 Å². The second-order valence-electron chi connectivity index (χ2n) is 5.62. The number of hydrogen-bond acceptors (Lipinski definition) is 6. The number of aryl methyl sites for hydroxylation is 1. The predicted octanol–water partition coefficient (Wildman–Crippen LogP) is 2.38. The number of esters is 1. The van der Waals surface area contributed by atoms with E-state index in [9.17, 15) is 9.59 Å². The number of ether oxygens (including phenoxy) is 3. The zero-order valence-electron chi connectivity index (χ0n) is 14.7. The molecule has 1 aromatic carbocycles. The minimum absolute atomic E-state index is 0.104. The van der Waals surface area contributed by atoms with Crippen molar-refractivity contribution in [3.63, 3.8) is 0 Å². The molecule has 0 unspecified atom stereocenters. The molecule has 2 aromatic heterocycles. The maximum Gasteiger partial charge on any atom is 0.338 e. The molecule has 0 saturated carbocycles. The number of aromatic nitrogens is 2. The van der Waals surface area contributed by atoms with Gasteiger partial charge in [-0.05, 0) is 36.8 Å². The van der Waals surface area contributed by atoms with E-state index in [0.717, 1.165) is 5.56 Å². The average Bonchev–Trinajstić information content (AvgIpc) is 2.66. The molecule has 0 aliphatic heterocycles. The molecule has 0 aliphatic rings. The molecule has 0 saturated heterocycles. The van der Waals surface area contributed by atoms with Crippen molar-refractivity contribution in [2.45, 2.75) is 13.5 Å². The van der Waals surface area contributed by atoms with Gasteiger partial charge in [0.1, 0.15) is 12.3 Å². The van der Waals surface area contributed by atoms with Crippen LogP contribution in [0.3, 0.4) is 0 Å². The summed E-state index contributed by atoms with van der Waals surface area (Å²) in [5.74, 6) is 0.404.